The molecular formula is C10H13N3O2. The number of hydrogen-bond donors (Lipinski definition) is 1. The van der Waals surface area contributed by atoms with E-state index in [1.807, 2.05) is 0 Å². The summed E-state index contributed by atoms with van der Waals surface area (Å²) in [6.07, 6.45) is 0. The summed E-state index contributed by atoms with van der Waals surface area (Å²) in [5.74, 6) is 0. The van der Waals surface area contributed by atoms with Crippen LogP contribution in [0.4, 0.5) is 11.4 Å². The molecule has 1 aliphatic heterocycles. The largest absolute Gasteiger partial charge is 0.369 e. The van der Waals surface area contributed by atoms with Gasteiger partial charge in [0.1, 0.15) is 0 Å². The van der Waals surface area contributed by atoms with Gasteiger partial charge in [0, 0.05) is 44.0 Å². The molecule has 5 heteroatoms. The van der Waals surface area contributed by atoms with E-state index in [0.29, 0.717) is 26.2 Å². The maximum absolute atomic E-state index is 10.8. The lowest BCUT2D eigenvalue weighted by Crippen LogP contribution is -2.43. The zero-order valence-corrected chi connectivity index (χ0v) is 8.04. The molecule has 1 aromatic carbocycles. The second-order valence-corrected chi connectivity index (χ2v) is 3.19. The van der Waals surface area contributed by atoms with Crippen molar-refractivity contribution in [2.24, 2.45) is 0 Å². The van der Waals surface area contributed by atoms with Crippen molar-refractivity contribution in [3.8, 4) is 0 Å². The zero-order chi connectivity index (χ0) is 14.2. The molecule has 1 aromatic rings. The monoisotopic (exact) mass is 211 g/mol. The lowest BCUT2D eigenvalue weighted by atomic mass is 10.2. The number of hydrogen-bond acceptors (Lipinski definition) is 4. The standard InChI is InChI=1S/C10H13N3O2/c14-13(15)10-3-1-9(2-4-10)12-7-5-11-6-8-12/h1-4,11H,5-8H2/i1D,2D,3D,4D. The number of piperazine rings is 1. The van der Waals surface area contributed by atoms with Gasteiger partial charge in [-0.2, -0.15) is 0 Å². The second kappa shape index (κ2) is 4.27. The Morgan fingerprint density at radius 3 is 2.47 bits per heavy atom. The lowest BCUT2D eigenvalue weighted by molar-refractivity contribution is -0.384. The SMILES string of the molecule is [2H]c1c([2H])c([N+](=O)[O-])c([2H])c([2H])c1N1CCNCC1. The normalized spacial score (nSPS) is 20.1. The van der Waals surface area contributed by atoms with Gasteiger partial charge < -0.3 is 10.2 Å². The highest BCUT2D eigenvalue weighted by molar-refractivity contribution is 5.51. The van der Waals surface area contributed by atoms with Gasteiger partial charge in [-0.25, -0.2) is 0 Å². The first-order chi connectivity index (χ1) is 8.95. The van der Waals surface area contributed by atoms with Crippen LogP contribution in [0.1, 0.15) is 5.48 Å². The Balaban J connectivity index is 2.59. The predicted molar refractivity (Wildman–Crippen MR) is 58.2 cm³/mol. The first kappa shape index (κ1) is 6.07. The number of nitrogens with zero attached hydrogens (tertiary/aromatic N) is 2. The Labute approximate surface area is 93.5 Å². The fourth-order valence-corrected chi connectivity index (χ4v) is 1.44. The summed E-state index contributed by atoms with van der Waals surface area (Å²) < 4.78 is 31.0. The Morgan fingerprint density at radius 1 is 1.33 bits per heavy atom. The fourth-order valence-electron chi connectivity index (χ4n) is 1.44. The second-order valence-electron chi connectivity index (χ2n) is 3.19. The first-order valence-corrected chi connectivity index (χ1v) is 4.65. The average Bonchev–Trinajstić information content (AvgIpc) is 2.38. The molecule has 5 nitrogen and oxygen atoms in total. The summed E-state index contributed by atoms with van der Waals surface area (Å²) in [6, 6.07) is -1.90. The van der Waals surface area contributed by atoms with Crippen LogP contribution in [0.5, 0.6) is 0 Å². The highest BCUT2D eigenvalue weighted by Gasteiger charge is 2.11. The summed E-state index contributed by atoms with van der Waals surface area (Å²) in [6.45, 7) is 2.45. The van der Waals surface area contributed by atoms with Crippen molar-refractivity contribution >= 4 is 11.4 Å². The highest BCUT2D eigenvalue weighted by atomic mass is 16.6. The van der Waals surface area contributed by atoms with Crippen LogP contribution < -0.4 is 10.2 Å². The number of nitrogens with one attached hydrogen (secondary N) is 1. The summed E-state index contributed by atoms with van der Waals surface area (Å²) in [4.78, 5) is 11.7. The van der Waals surface area contributed by atoms with Gasteiger partial charge in [0.15, 0.2) is 0 Å². The van der Waals surface area contributed by atoms with Gasteiger partial charge in [-0.1, -0.05) is 0 Å². The minimum atomic E-state index is -0.873. The molecule has 0 radical (unpaired) electrons. The minimum absolute atomic E-state index is 0.141. The van der Waals surface area contributed by atoms with E-state index < -0.39 is 22.7 Å². The fraction of sp³-hybridized carbons (Fsp3) is 0.400. The number of benzene rings is 1. The van der Waals surface area contributed by atoms with Crippen molar-refractivity contribution in [2.75, 3.05) is 31.1 Å². The molecule has 0 spiro atoms. The Morgan fingerprint density at radius 2 is 1.93 bits per heavy atom. The van der Waals surface area contributed by atoms with Crippen molar-refractivity contribution in [1.82, 2.24) is 5.32 Å². The molecule has 15 heavy (non-hydrogen) atoms. The third kappa shape index (κ3) is 2.24. The molecule has 0 bridgehead atoms. The minimum Gasteiger partial charge on any atom is -0.369 e. The van der Waals surface area contributed by atoms with Gasteiger partial charge in [0.2, 0.25) is 0 Å². The van der Waals surface area contributed by atoms with Crippen LogP contribution in [0.15, 0.2) is 24.2 Å². The van der Waals surface area contributed by atoms with Gasteiger partial charge in [0.05, 0.1) is 10.4 Å². The maximum atomic E-state index is 10.8. The summed E-state index contributed by atoms with van der Waals surface area (Å²) >= 11 is 0. The van der Waals surface area contributed by atoms with Gasteiger partial charge in [-0.3, -0.25) is 10.1 Å². The molecular weight excluding hydrogens is 194 g/mol. The number of nitro groups is 1. The zero-order valence-electron chi connectivity index (χ0n) is 12.0. The van der Waals surface area contributed by atoms with Crippen LogP contribution in [-0.2, 0) is 0 Å². The van der Waals surface area contributed by atoms with E-state index in [2.05, 4.69) is 5.32 Å². The van der Waals surface area contributed by atoms with Crippen molar-refractivity contribution in [3.63, 3.8) is 0 Å². The summed E-state index contributed by atoms with van der Waals surface area (Å²) in [7, 11) is 0. The quantitative estimate of drug-likeness (QED) is 0.585. The molecule has 1 fully saturated rings. The van der Waals surface area contributed by atoms with E-state index in [1.165, 1.54) is 0 Å². The molecule has 1 N–H and O–H groups in total. The molecule has 2 rings (SSSR count). The van der Waals surface area contributed by atoms with Crippen molar-refractivity contribution in [3.05, 3.63) is 34.3 Å². The number of rotatable bonds is 2. The van der Waals surface area contributed by atoms with Crippen LogP contribution in [0.25, 0.3) is 0 Å². The van der Waals surface area contributed by atoms with Gasteiger partial charge >= 0.3 is 0 Å². The van der Waals surface area contributed by atoms with Gasteiger partial charge in [0.25, 0.3) is 5.69 Å². The van der Waals surface area contributed by atoms with Crippen LogP contribution in [0.3, 0.4) is 0 Å². The Hall–Kier alpha value is -1.62. The third-order valence-corrected chi connectivity index (χ3v) is 2.21. The smallest absolute Gasteiger partial charge is 0.269 e. The molecule has 1 saturated heterocycles. The van der Waals surface area contributed by atoms with Crippen LogP contribution >= 0.6 is 0 Å². The van der Waals surface area contributed by atoms with Crippen molar-refractivity contribution in [1.29, 1.82) is 0 Å². The predicted octanol–water partition coefficient (Wildman–Crippen LogP) is 1.00. The first-order valence-electron chi connectivity index (χ1n) is 6.65. The molecule has 0 unspecified atom stereocenters. The van der Waals surface area contributed by atoms with E-state index in [9.17, 15) is 10.1 Å². The third-order valence-electron chi connectivity index (χ3n) is 2.21. The van der Waals surface area contributed by atoms with Crippen LogP contribution in [0.2, 0.25) is 0 Å². The molecule has 0 atom stereocenters. The lowest BCUT2D eigenvalue weighted by Gasteiger charge is -2.29. The van der Waals surface area contributed by atoms with E-state index >= 15 is 0 Å². The molecule has 1 heterocycles. The summed E-state index contributed by atoms with van der Waals surface area (Å²) in [5.41, 5.74) is -0.629. The van der Waals surface area contributed by atoms with E-state index in [1.54, 1.807) is 4.90 Å². The van der Waals surface area contributed by atoms with Gasteiger partial charge in [-0.15, -0.1) is 0 Å². The Kier molecular flexibility index (Phi) is 1.73. The molecule has 1 aliphatic rings. The van der Waals surface area contributed by atoms with E-state index in [0.717, 1.165) is 0 Å². The van der Waals surface area contributed by atoms with Crippen LogP contribution in [-0.4, -0.2) is 31.1 Å². The molecule has 0 aromatic heterocycles. The molecule has 0 saturated carbocycles. The van der Waals surface area contributed by atoms with E-state index in [-0.39, 0.29) is 17.8 Å². The molecule has 0 amide bonds. The molecule has 80 valence electrons. The number of nitro benzene ring substituents is 1. The maximum Gasteiger partial charge on any atom is 0.269 e. The Bertz CT molecular complexity index is 503. The summed E-state index contributed by atoms with van der Waals surface area (Å²) in [5, 5.41) is 13.9. The number of anilines is 1. The molecule has 0 aliphatic carbocycles. The van der Waals surface area contributed by atoms with Crippen molar-refractivity contribution in [2.45, 2.75) is 0 Å². The van der Waals surface area contributed by atoms with Gasteiger partial charge in [-0.05, 0) is 12.1 Å². The van der Waals surface area contributed by atoms with E-state index in [4.69, 9.17) is 5.48 Å². The van der Waals surface area contributed by atoms with Crippen molar-refractivity contribution < 1.29 is 10.4 Å². The highest BCUT2D eigenvalue weighted by Crippen LogP contribution is 2.19. The van der Waals surface area contributed by atoms with Crippen LogP contribution in [0, 0.1) is 10.1 Å². The topological polar surface area (TPSA) is 58.4 Å². The average molecular weight is 211 g/mol.